The van der Waals surface area contributed by atoms with E-state index in [4.69, 9.17) is 12.2 Å². The van der Waals surface area contributed by atoms with Crippen LogP contribution in [0, 0.1) is 0 Å². The van der Waals surface area contributed by atoms with Crippen LogP contribution in [0.2, 0.25) is 0 Å². The minimum absolute atomic E-state index is 0.249. The van der Waals surface area contributed by atoms with Crippen molar-refractivity contribution in [2.45, 2.75) is 13.8 Å². The number of nitrogens with one attached hydrogen (secondary N) is 2. The SMILES string of the molecule is CCN(CC)c1ccc(NC(=S)NC(=O)/C=C/c2cccs2)cc1. The second-order valence-electron chi connectivity index (χ2n) is 5.01. The molecular weight excluding hydrogens is 338 g/mol. The van der Waals surface area contributed by atoms with Crippen LogP contribution in [0.1, 0.15) is 18.7 Å². The lowest BCUT2D eigenvalue weighted by atomic mass is 10.2. The number of anilines is 2. The third kappa shape index (κ3) is 5.47. The minimum atomic E-state index is -0.249. The molecule has 0 spiro atoms. The number of hydrogen-bond acceptors (Lipinski definition) is 4. The maximum absolute atomic E-state index is 11.8. The summed E-state index contributed by atoms with van der Waals surface area (Å²) in [6.07, 6.45) is 3.24. The van der Waals surface area contributed by atoms with Crippen molar-refractivity contribution in [1.82, 2.24) is 5.32 Å². The van der Waals surface area contributed by atoms with Crippen molar-refractivity contribution in [3.05, 3.63) is 52.7 Å². The lowest BCUT2D eigenvalue weighted by Gasteiger charge is -2.21. The van der Waals surface area contributed by atoms with Gasteiger partial charge in [-0.05, 0) is 67.9 Å². The molecule has 4 nitrogen and oxygen atoms in total. The molecule has 24 heavy (non-hydrogen) atoms. The number of thiocarbonyl (C=S) groups is 1. The Hall–Kier alpha value is -2.18. The van der Waals surface area contributed by atoms with Crippen molar-refractivity contribution in [2.24, 2.45) is 0 Å². The Morgan fingerprint density at radius 1 is 1.21 bits per heavy atom. The Balaban J connectivity index is 1.86. The number of rotatable bonds is 6. The zero-order valence-electron chi connectivity index (χ0n) is 13.8. The molecule has 1 amide bonds. The van der Waals surface area contributed by atoms with Gasteiger partial charge in [0.1, 0.15) is 0 Å². The first kappa shape index (κ1) is 18.2. The fourth-order valence-electron chi connectivity index (χ4n) is 2.20. The van der Waals surface area contributed by atoms with Crippen molar-refractivity contribution in [3.8, 4) is 0 Å². The van der Waals surface area contributed by atoms with E-state index in [2.05, 4.69) is 29.4 Å². The molecule has 0 unspecified atom stereocenters. The van der Waals surface area contributed by atoms with E-state index >= 15 is 0 Å². The van der Waals surface area contributed by atoms with Crippen LogP contribution in [0.5, 0.6) is 0 Å². The van der Waals surface area contributed by atoms with E-state index in [0.717, 1.165) is 23.7 Å². The van der Waals surface area contributed by atoms with E-state index in [1.807, 2.05) is 41.8 Å². The van der Waals surface area contributed by atoms with E-state index in [0.29, 0.717) is 0 Å². The molecule has 1 heterocycles. The van der Waals surface area contributed by atoms with Crippen LogP contribution in [0.3, 0.4) is 0 Å². The van der Waals surface area contributed by atoms with Gasteiger partial charge in [-0.3, -0.25) is 10.1 Å². The molecule has 1 aromatic heterocycles. The van der Waals surface area contributed by atoms with Gasteiger partial charge in [-0.15, -0.1) is 11.3 Å². The number of benzene rings is 1. The summed E-state index contributed by atoms with van der Waals surface area (Å²) >= 11 is 6.75. The zero-order valence-corrected chi connectivity index (χ0v) is 15.4. The van der Waals surface area contributed by atoms with Crippen molar-refractivity contribution in [2.75, 3.05) is 23.3 Å². The number of nitrogens with zero attached hydrogens (tertiary/aromatic N) is 1. The third-order valence-corrected chi connectivity index (χ3v) is 4.47. The van der Waals surface area contributed by atoms with Crippen LogP contribution in [0.4, 0.5) is 11.4 Å². The molecule has 0 saturated heterocycles. The lowest BCUT2D eigenvalue weighted by molar-refractivity contribution is -0.115. The molecule has 126 valence electrons. The molecule has 0 fully saturated rings. The first-order chi connectivity index (χ1) is 11.6. The molecule has 0 aliphatic rings. The van der Waals surface area contributed by atoms with Gasteiger partial charge >= 0.3 is 0 Å². The molecule has 0 atom stereocenters. The molecule has 2 N–H and O–H groups in total. The van der Waals surface area contributed by atoms with Crippen LogP contribution in [0.25, 0.3) is 6.08 Å². The monoisotopic (exact) mass is 359 g/mol. The molecule has 6 heteroatoms. The summed E-state index contributed by atoms with van der Waals surface area (Å²) < 4.78 is 0. The maximum Gasteiger partial charge on any atom is 0.250 e. The summed E-state index contributed by atoms with van der Waals surface area (Å²) in [6, 6.07) is 11.9. The van der Waals surface area contributed by atoms with Gasteiger partial charge < -0.3 is 10.2 Å². The Morgan fingerprint density at radius 3 is 2.50 bits per heavy atom. The quantitative estimate of drug-likeness (QED) is 0.601. The standard InChI is InChI=1S/C18H21N3OS2/c1-3-21(4-2)15-9-7-14(8-10-15)19-18(23)20-17(22)12-11-16-6-5-13-24-16/h5-13H,3-4H2,1-2H3,(H2,19,20,22,23)/b12-11+. The predicted octanol–water partition coefficient (Wildman–Crippen LogP) is 4.12. The zero-order chi connectivity index (χ0) is 17.4. The minimum Gasteiger partial charge on any atom is -0.372 e. The number of hydrogen-bond donors (Lipinski definition) is 2. The van der Waals surface area contributed by atoms with Gasteiger partial charge in [-0.25, -0.2) is 0 Å². The summed E-state index contributed by atoms with van der Waals surface area (Å²) in [4.78, 5) is 15.1. The normalized spacial score (nSPS) is 10.6. The van der Waals surface area contributed by atoms with Crippen molar-refractivity contribution in [1.29, 1.82) is 0 Å². The van der Waals surface area contributed by atoms with Gasteiger partial charge in [-0.2, -0.15) is 0 Å². The van der Waals surface area contributed by atoms with Crippen LogP contribution >= 0.6 is 23.6 Å². The van der Waals surface area contributed by atoms with E-state index in [9.17, 15) is 4.79 Å². The first-order valence-corrected chi connectivity index (χ1v) is 9.09. The maximum atomic E-state index is 11.8. The molecule has 0 radical (unpaired) electrons. The number of amides is 1. The first-order valence-electron chi connectivity index (χ1n) is 7.81. The fourth-order valence-corrected chi connectivity index (χ4v) is 3.04. The van der Waals surface area contributed by atoms with Crippen LogP contribution < -0.4 is 15.5 Å². The molecule has 1 aromatic carbocycles. The summed E-state index contributed by atoms with van der Waals surface area (Å²) in [6.45, 7) is 6.19. The molecule has 2 aromatic rings. The van der Waals surface area contributed by atoms with Crippen LogP contribution in [0.15, 0.2) is 47.9 Å². The average Bonchev–Trinajstić information content (AvgIpc) is 3.09. The Morgan fingerprint density at radius 2 is 1.92 bits per heavy atom. The highest BCUT2D eigenvalue weighted by Crippen LogP contribution is 2.17. The third-order valence-electron chi connectivity index (χ3n) is 3.43. The highest BCUT2D eigenvalue weighted by molar-refractivity contribution is 7.80. The van der Waals surface area contributed by atoms with Gasteiger partial charge in [0.2, 0.25) is 5.91 Å². The second kappa shape index (κ2) is 9.20. The number of thiophene rings is 1. The summed E-state index contributed by atoms with van der Waals surface area (Å²) in [5.74, 6) is -0.249. The van der Waals surface area contributed by atoms with Crippen LogP contribution in [-0.4, -0.2) is 24.1 Å². The van der Waals surface area contributed by atoms with E-state index in [-0.39, 0.29) is 11.0 Å². The van der Waals surface area contributed by atoms with Gasteiger partial charge in [-0.1, -0.05) is 6.07 Å². The summed E-state index contributed by atoms with van der Waals surface area (Å²) in [5.41, 5.74) is 2.01. The Bertz CT molecular complexity index is 690. The second-order valence-corrected chi connectivity index (χ2v) is 6.40. The van der Waals surface area contributed by atoms with Gasteiger partial charge in [0.25, 0.3) is 0 Å². The largest absolute Gasteiger partial charge is 0.372 e. The highest BCUT2D eigenvalue weighted by Gasteiger charge is 2.04. The van der Waals surface area contributed by atoms with Gasteiger partial charge in [0.05, 0.1) is 0 Å². The predicted molar refractivity (Wildman–Crippen MR) is 108 cm³/mol. The fraction of sp³-hybridized carbons (Fsp3) is 0.222. The summed E-state index contributed by atoms with van der Waals surface area (Å²) in [7, 11) is 0. The summed E-state index contributed by atoms with van der Waals surface area (Å²) in [5, 5.41) is 7.90. The lowest BCUT2D eigenvalue weighted by Crippen LogP contribution is -2.32. The highest BCUT2D eigenvalue weighted by atomic mass is 32.1. The van der Waals surface area contributed by atoms with Crippen molar-refractivity contribution < 1.29 is 4.79 Å². The Kier molecular flexibility index (Phi) is 6.96. The smallest absolute Gasteiger partial charge is 0.250 e. The topological polar surface area (TPSA) is 44.4 Å². The van der Waals surface area contributed by atoms with Crippen molar-refractivity contribution in [3.63, 3.8) is 0 Å². The van der Waals surface area contributed by atoms with E-state index in [1.54, 1.807) is 17.4 Å². The molecule has 0 saturated carbocycles. The average molecular weight is 360 g/mol. The Labute approximate surface area is 152 Å². The molecule has 0 aliphatic heterocycles. The van der Waals surface area contributed by atoms with Crippen LogP contribution in [-0.2, 0) is 4.79 Å². The molecule has 0 bridgehead atoms. The van der Waals surface area contributed by atoms with Gasteiger partial charge in [0, 0.05) is 35.4 Å². The number of carbonyl (C=O) groups excluding carboxylic acids is 1. The number of carbonyl (C=O) groups is 1. The molecule has 2 rings (SSSR count). The molecule has 0 aliphatic carbocycles. The molecular formula is C18H21N3OS2. The van der Waals surface area contributed by atoms with Crippen molar-refractivity contribution >= 4 is 52.0 Å². The van der Waals surface area contributed by atoms with Gasteiger partial charge in [0.15, 0.2) is 5.11 Å². The van der Waals surface area contributed by atoms with E-state index < -0.39 is 0 Å². The van der Waals surface area contributed by atoms with E-state index in [1.165, 1.54) is 11.8 Å².